The molecule has 0 saturated carbocycles. The first kappa shape index (κ1) is 20.9. The van der Waals surface area contributed by atoms with Gasteiger partial charge < -0.3 is 10.2 Å². The summed E-state index contributed by atoms with van der Waals surface area (Å²) in [6, 6.07) is 7.28. The second kappa shape index (κ2) is 10.0. The van der Waals surface area contributed by atoms with E-state index in [2.05, 4.69) is 21.9 Å². The van der Waals surface area contributed by atoms with Crippen molar-refractivity contribution in [3.05, 3.63) is 29.8 Å². The summed E-state index contributed by atoms with van der Waals surface area (Å²) in [6.45, 7) is 7.05. The summed E-state index contributed by atoms with van der Waals surface area (Å²) in [7, 11) is -3.56. The molecule has 26 heavy (non-hydrogen) atoms. The standard InChI is InChI=1S/C19H31N3O3S/c1-16-7-9-18(10-8-16)26(24,25)21-13-11-19(23)20-12-5-15-22-14-4-3-6-17(22)2/h7-10,17,21H,3-6,11-15H2,1-2H3,(H,20,23)/t17-/m0/s1. The Hall–Kier alpha value is -1.44. The van der Waals surface area contributed by atoms with E-state index in [9.17, 15) is 13.2 Å². The lowest BCUT2D eigenvalue weighted by molar-refractivity contribution is -0.120. The van der Waals surface area contributed by atoms with Crippen LogP contribution in [0.1, 0.15) is 44.6 Å². The third kappa shape index (κ3) is 6.70. The summed E-state index contributed by atoms with van der Waals surface area (Å²) in [5.41, 5.74) is 1.00. The van der Waals surface area contributed by atoms with E-state index in [0.717, 1.165) is 25.1 Å². The zero-order chi connectivity index (χ0) is 19.0. The van der Waals surface area contributed by atoms with Crippen molar-refractivity contribution in [1.82, 2.24) is 14.9 Å². The number of benzene rings is 1. The Bertz CT molecular complexity index is 674. The Kier molecular flexibility index (Phi) is 8.06. The molecule has 1 aromatic carbocycles. The minimum atomic E-state index is -3.56. The molecule has 146 valence electrons. The maximum Gasteiger partial charge on any atom is 0.240 e. The maximum atomic E-state index is 12.1. The molecule has 0 bridgehead atoms. The number of nitrogens with one attached hydrogen (secondary N) is 2. The van der Waals surface area contributed by atoms with Crippen LogP contribution >= 0.6 is 0 Å². The smallest absolute Gasteiger partial charge is 0.240 e. The lowest BCUT2D eigenvalue weighted by Gasteiger charge is -2.33. The summed E-state index contributed by atoms with van der Waals surface area (Å²) in [5, 5.41) is 2.87. The minimum absolute atomic E-state index is 0.102. The molecule has 6 nitrogen and oxygen atoms in total. The van der Waals surface area contributed by atoms with Crippen LogP contribution in [0.3, 0.4) is 0 Å². The lowest BCUT2D eigenvalue weighted by Crippen LogP contribution is -2.39. The zero-order valence-corrected chi connectivity index (χ0v) is 16.6. The Morgan fingerprint density at radius 2 is 1.92 bits per heavy atom. The van der Waals surface area contributed by atoms with Crippen molar-refractivity contribution in [3.8, 4) is 0 Å². The molecule has 7 heteroatoms. The van der Waals surface area contributed by atoms with Gasteiger partial charge >= 0.3 is 0 Å². The molecule has 1 saturated heterocycles. The van der Waals surface area contributed by atoms with Gasteiger partial charge in [0.2, 0.25) is 15.9 Å². The van der Waals surface area contributed by atoms with Crippen LogP contribution in [0.2, 0.25) is 0 Å². The first-order valence-electron chi connectivity index (χ1n) is 9.45. The summed E-state index contributed by atoms with van der Waals surface area (Å²) in [5.74, 6) is -0.122. The molecular formula is C19H31N3O3S. The molecule has 0 aromatic heterocycles. The average Bonchev–Trinajstić information content (AvgIpc) is 2.60. The maximum absolute atomic E-state index is 12.1. The van der Waals surface area contributed by atoms with Gasteiger partial charge in [-0.05, 0) is 51.8 Å². The van der Waals surface area contributed by atoms with Crippen LogP contribution < -0.4 is 10.0 Å². The topological polar surface area (TPSA) is 78.5 Å². The summed E-state index contributed by atoms with van der Waals surface area (Å²) < 4.78 is 26.8. The largest absolute Gasteiger partial charge is 0.356 e. The van der Waals surface area contributed by atoms with Crippen LogP contribution in [0.15, 0.2) is 29.2 Å². The van der Waals surface area contributed by atoms with E-state index >= 15 is 0 Å². The Labute approximate surface area is 157 Å². The van der Waals surface area contributed by atoms with Crippen molar-refractivity contribution in [2.24, 2.45) is 0 Å². The molecule has 1 aromatic rings. The van der Waals surface area contributed by atoms with Crippen LogP contribution in [0, 0.1) is 6.92 Å². The van der Waals surface area contributed by atoms with Gasteiger partial charge in [-0.2, -0.15) is 0 Å². The number of carbonyl (C=O) groups excluding carboxylic acids is 1. The molecule has 0 spiro atoms. The van der Waals surface area contributed by atoms with E-state index in [4.69, 9.17) is 0 Å². The van der Waals surface area contributed by atoms with Gasteiger partial charge in [-0.25, -0.2) is 13.1 Å². The van der Waals surface area contributed by atoms with E-state index in [0.29, 0.717) is 12.6 Å². The molecule has 1 heterocycles. The number of likely N-dealkylation sites (tertiary alicyclic amines) is 1. The van der Waals surface area contributed by atoms with Crippen LogP contribution in [-0.2, 0) is 14.8 Å². The Morgan fingerprint density at radius 1 is 1.19 bits per heavy atom. The second-order valence-corrected chi connectivity index (χ2v) is 8.81. The highest BCUT2D eigenvalue weighted by molar-refractivity contribution is 7.89. The number of carbonyl (C=O) groups is 1. The molecule has 1 amide bonds. The van der Waals surface area contributed by atoms with Gasteiger partial charge in [0.1, 0.15) is 0 Å². The van der Waals surface area contributed by atoms with Crippen molar-refractivity contribution < 1.29 is 13.2 Å². The zero-order valence-electron chi connectivity index (χ0n) is 15.8. The number of hydrogen-bond acceptors (Lipinski definition) is 4. The number of hydrogen-bond donors (Lipinski definition) is 2. The van der Waals surface area contributed by atoms with Gasteiger partial charge in [0.25, 0.3) is 0 Å². The van der Waals surface area contributed by atoms with E-state index in [1.807, 2.05) is 6.92 Å². The second-order valence-electron chi connectivity index (χ2n) is 7.05. The first-order valence-corrected chi connectivity index (χ1v) is 10.9. The molecule has 1 atom stereocenters. The van der Waals surface area contributed by atoms with E-state index in [1.165, 1.54) is 19.3 Å². The number of piperidine rings is 1. The monoisotopic (exact) mass is 381 g/mol. The predicted molar refractivity (Wildman–Crippen MR) is 103 cm³/mol. The summed E-state index contributed by atoms with van der Waals surface area (Å²) in [4.78, 5) is 14.6. The van der Waals surface area contributed by atoms with Crippen molar-refractivity contribution in [1.29, 1.82) is 0 Å². The highest BCUT2D eigenvalue weighted by Crippen LogP contribution is 2.16. The molecule has 2 rings (SSSR count). The van der Waals surface area contributed by atoms with Crippen molar-refractivity contribution in [2.45, 2.75) is 56.9 Å². The molecule has 0 unspecified atom stereocenters. The number of aryl methyl sites for hydroxylation is 1. The molecular weight excluding hydrogens is 350 g/mol. The number of rotatable bonds is 9. The van der Waals surface area contributed by atoms with Gasteiger partial charge in [0.05, 0.1) is 4.90 Å². The van der Waals surface area contributed by atoms with E-state index in [-0.39, 0.29) is 23.8 Å². The number of nitrogens with zero attached hydrogens (tertiary/aromatic N) is 1. The van der Waals surface area contributed by atoms with E-state index in [1.54, 1.807) is 24.3 Å². The molecule has 2 N–H and O–H groups in total. The number of amides is 1. The first-order chi connectivity index (χ1) is 12.4. The summed E-state index contributed by atoms with van der Waals surface area (Å²) >= 11 is 0. The Balaban J connectivity index is 1.62. The highest BCUT2D eigenvalue weighted by Gasteiger charge is 2.17. The fraction of sp³-hybridized carbons (Fsp3) is 0.632. The van der Waals surface area contributed by atoms with Gasteiger partial charge in [-0.1, -0.05) is 24.1 Å². The highest BCUT2D eigenvalue weighted by atomic mass is 32.2. The van der Waals surface area contributed by atoms with Crippen molar-refractivity contribution >= 4 is 15.9 Å². The van der Waals surface area contributed by atoms with Crippen LogP contribution in [0.4, 0.5) is 0 Å². The van der Waals surface area contributed by atoms with Crippen LogP contribution in [0.5, 0.6) is 0 Å². The average molecular weight is 382 g/mol. The molecule has 1 fully saturated rings. The SMILES string of the molecule is Cc1ccc(S(=O)(=O)NCCC(=O)NCCCN2CCCC[C@@H]2C)cc1. The fourth-order valence-corrected chi connectivity index (χ4v) is 4.22. The third-order valence-corrected chi connectivity index (χ3v) is 6.34. The van der Waals surface area contributed by atoms with Gasteiger partial charge in [0.15, 0.2) is 0 Å². The van der Waals surface area contributed by atoms with Gasteiger partial charge in [0, 0.05) is 32.1 Å². The molecule has 1 aliphatic rings. The van der Waals surface area contributed by atoms with Crippen molar-refractivity contribution in [3.63, 3.8) is 0 Å². The van der Waals surface area contributed by atoms with Gasteiger partial charge in [-0.3, -0.25) is 4.79 Å². The molecule has 0 radical (unpaired) electrons. The van der Waals surface area contributed by atoms with E-state index < -0.39 is 10.0 Å². The molecule has 0 aliphatic carbocycles. The fourth-order valence-electron chi connectivity index (χ4n) is 3.19. The molecule has 1 aliphatic heterocycles. The van der Waals surface area contributed by atoms with Crippen molar-refractivity contribution in [2.75, 3.05) is 26.2 Å². The normalized spacial score (nSPS) is 18.6. The predicted octanol–water partition coefficient (Wildman–Crippen LogP) is 2.04. The van der Waals surface area contributed by atoms with Crippen LogP contribution in [0.25, 0.3) is 0 Å². The lowest BCUT2D eigenvalue weighted by atomic mass is 10.0. The number of sulfonamides is 1. The minimum Gasteiger partial charge on any atom is -0.356 e. The van der Waals surface area contributed by atoms with Gasteiger partial charge in [-0.15, -0.1) is 0 Å². The Morgan fingerprint density at radius 3 is 2.62 bits per heavy atom. The quantitative estimate of drug-likeness (QED) is 0.642. The third-order valence-electron chi connectivity index (χ3n) is 4.86. The summed E-state index contributed by atoms with van der Waals surface area (Å²) in [6.07, 6.45) is 4.90. The van der Waals surface area contributed by atoms with Crippen LogP contribution in [-0.4, -0.2) is 51.4 Å².